The van der Waals surface area contributed by atoms with E-state index in [1.165, 1.54) is 27.8 Å². The molecule has 2 aromatic carbocycles. The summed E-state index contributed by atoms with van der Waals surface area (Å²) in [6, 6.07) is 17.8. The lowest BCUT2D eigenvalue weighted by Gasteiger charge is -2.12. The van der Waals surface area contributed by atoms with Crippen LogP contribution in [-0.4, -0.2) is 0 Å². The van der Waals surface area contributed by atoms with Crippen molar-refractivity contribution >= 4 is 12.2 Å². The normalized spacial score (nSPS) is 15.1. The first-order chi connectivity index (χ1) is 15.7. The predicted molar refractivity (Wildman–Crippen MR) is 141 cm³/mol. The van der Waals surface area contributed by atoms with Gasteiger partial charge in [0.25, 0.3) is 0 Å². The van der Waals surface area contributed by atoms with Crippen LogP contribution >= 0.6 is 0 Å². The molecule has 0 saturated heterocycles. The third-order valence-electron chi connectivity index (χ3n) is 5.53. The predicted octanol–water partition coefficient (Wildman–Crippen LogP) is 8.47. The third-order valence-corrected chi connectivity index (χ3v) is 5.53. The second-order valence-corrected chi connectivity index (χ2v) is 8.04. The first-order valence-corrected chi connectivity index (χ1v) is 11.4. The van der Waals surface area contributed by atoms with Gasteiger partial charge < -0.3 is 0 Å². The zero-order valence-corrected chi connectivity index (χ0v) is 19.4. The fourth-order valence-corrected chi connectivity index (χ4v) is 3.60. The van der Waals surface area contributed by atoms with E-state index < -0.39 is 0 Å². The van der Waals surface area contributed by atoms with Crippen LogP contribution in [0.4, 0.5) is 0 Å². The number of allylic oxidation sites excluding steroid dienone is 10. The zero-order chi connectivity index (χ0) is 22.6. The maximum Gasteiger partial charge on any atom is 0.0276 e. The van der Waals surface area contributed by atoms with Crippen LogP contribution in [0.2, 0.25) is 0 Å². The second kappa shape index (κ2) is 12.3. The molecule has 0 fully saturated rings. The molecule has 2 aromatic rings. The maximum absolute atomic E-state index is 3.08. The van der Waals surface area contributed by atoms with Crippen LogP contribution in [0.15, 0.2) is 108 Å². The molecule has 0 radical (unpaired) electrons. The van der Waals surface area contributed by atoms with Gasteiger partial charge in [0.15, 0.2) is 0 Å². The summed E-state index contributed by atoms with van der Waals surface area (Å²) < 4.78 is 0. The monoisotopic (exact) mass is 416 g/mol. The van der Waals surface area contributed by atoms with Crippen molar-refractivity contribution in [3.8, 4) is 11.8 Å². The Morgan fingerprint density at radius 2 is 1.62 bits per heavy atom. The first kappa shape index (κ1) is 23.1. The van der Waals surface area contributed by atoms with Crippen molar-refractivity contribution in [3.05, 3.63) is 131 Å². The van der Waals surface area contributed by atoms with Crippen molar-refractivity contribution in [2.24, 2.45) is 0 Å². The van der Waals surface area contributed by atoms with Gasteiger partial charge in [-0.2, -0.15) is 0 Å². The van der Waals surface area contributed by atoms with Gasteiger partial charge in [-0.1, -0.05) is 122 Å². The topological polar surface area (TPSA) is 0 Å². The molecule has 0 bridgehead atoms. The number of rotatable bonds is 8. The number of hydrogen-bond donors (Lipinski definition) is 0. The standard InChI is InChI=1S/C32H32/c1-4-10-27(5-2)13-14-29-17-19-31(20-18-29)25-26(3)32-23-21-30(22-24-32)16-15-28-11-8-6-7-9-12-28/h4-5,8,10-24,26H,6,25H2,1-3H3/b10-4-,14-13+,16-15+,27-5+. The van der Waals surface area contributed by atoms with Crippen molar-refractivity contribution in [1.82, 2.24) is 0 Å². The van der Waals surface area contributed by atoms with Gasteiger partial charge in [0.1, 0.15) is 0 Å². The molecule has 0 nitrogen and oxygen atoms in total. The van der Waals surface area contributed by atoms with E-state index in [9.17, 15) is 0 Å². The summed E-state index contributed by atoms with van der Waals surface area (Å²) in [5.74, 6) is 6.62. The average molecular weight is 417 g/mol. The largest absolute Gasteiger partial charge is 0.0943 e. The lowest BCUT2D eigenvalue weighted by atomic mass is 9.92. The van der Waals surface area contributed by atoms with Crippen molar-refractivity contribution in [2.75, 3.05) is 0 Å². The molecule has 0 aromatic heterocycles. The van der Waals surface area contributed by atoms with Crippen LogP contribution in [0.1, 0.15) is 55.4 Å². The molecule has 0 heterocycles. The summed E-state index contributed by atoms with van der Waals surface area (Å²) in [5, 5.41) is 0. The fraction of sp³-hybridized carbons (Fsp3) is 0.188. The maximum atomic E-state index is 3.08. The molecule has 0 aliphatic heterocycles. The van der Waals surface area contributed by atoms with Crippen LogP contribution in [0, 0.1) is 11.8 Å². The minimum atomic E-state index is 0.474. The summed E-state index contributed by atoms with van der Waals surface area (Å²) in [4.78, 5) is 0. The molecule has 0 heteroatoms. The van der Waals surface area contributed by atoms with E-state index in [-0.39, 0.29) is 0 Å². The Balaban J connectivity index is 1.58. The van der Waals surface area contributed by atoms with Crippen molar-refractivity contribution in [1.29, 1.82) is 0 Å². The highest BCUT2D eigenvalue weighted by Gasteiger charge is 2.06. The van der Waals surface area contributed by atoms with Crippen molar-refractivity contribution in [2.45, 2.75) is 39.5 Å². The molecule has 0 amide bonds. The lowest BCUT2D eigenvalue weighted by molar-refractivity contribution is 0.759. The van der Waals surface area contributed by atoms with Crippen LogP contribution in [-0.2, 0) is 6.42 Å². The summed E-state index contributed by atoms with van der Waals surface area (Å²) in [6.45, 7) is 6.41. The van der Waals surface area contributed by atoms with Gasteiger partial charge in [0.2, 0.25) is 0 Å². The van der Waals surface area contributed by atoms with E-state index in [2.05, 4.69) is 129 Å². The van der Waals surface area contributed by atoms with Gasteiger partial charge in [0.05, 0.1) is 0 Å². The Hall–Kier alpha value is -3.56. The van der Waals surface area contributed by atoms with Gasteiger partial charge >= 0.3 is 0 Å². The highest BCUT2D eigenvalue weighted by atomic mass is 14.1. The molecule has 1 atom stereocenters. The van der Waals surface area contributed by atoms with Gasteiger partial charge in [0, 0.05) is 6.42 Å². The second-order valence-electron chi connectivity index (χ2n) is 8.04. The van der Waals surface area contributed by atoms with E-state index in [1.807, 2.05) is 13.0 Å². The quantitative estimate of drug-likeness (QED) is 0.299. The van der Waals surface area contributed by atoms with Gasteiger partial charge in [-0.3, -0.25) is 0 Å². The Labute approximate surface area is 194 Å². The minimum Gasteiger partial charge on any atom is -0.0943 e. The minimum absolute atomic E-state index is 0.474. The van der Waals surface area contributed by atoms with E-state index in [4.69, 9.17) is 0 Å². The van der Waals surface area contributed by atoms with Crippen LogP contribution in [0.5, 0.6) is 0 Å². The fourth-order valence-electron chi connectivity index (χ4n) is 3.60. The van der Waals surface area contributed by atoms with Crippen molar-refractivity contribution in [3.63, 3.8) is 0 Å². The van der Waals surface area contributed by atoms with Gasteiger partial charge in [-0.25, -0.2) is 0 Å². The Bertz CT molecular complexity index is 1120. The van der Waals surface area contributed by atoms with Gasteiger partial charge in [-0.05, 0) is 65.7 Å². The average Bonchev–Trinajstić information content (AvgIpc) is 3.10. The molecule has 1 unspecified atom stereocenters. The summed E-state index contributed by atoms with van der Waals surface area (Å²) in [5.41, 5.74) is 7.54. The smallest absolute Gasteiger partial charge is 0.0276 e. The highest BCUT2D eigenvalue weighted by molar-refractivity contribution is 5.57. The lowest BCUT2D eigenvalue weighted by Crippen LogP contribution is -1.98. The van der Waals surface area contributed by atoms with Crippen LogP contribution in [0.3, 0.4) is 0 Å². The Morgan fingerprint density at radius 3 is 2.34 bits per heavy atom. The molecule has 1 aliphatic carbocycles. The summed E-state index contributed by atoms with van der Waals surface area (Å²) >= 11 is 0. The Morgan fingerprint density at radius 1 is 0.906 bits per heavy atom. The van der Waals surface area contributed by atoms with Crippen molar-refractivity contribution < 1.29 is 0 Å². The SMILES string of the molecule is C\C=C/C(/C=C/c1ccc(CC(C)c2ccc(/C=C/C3=CC#CCC=C3)cc2)cc1)=C\C. The molecule has 0 N–H and O–H groups in total. The molecule has 0 saturated carbocycles. The third kappa shape index (κ3) is 7.29. The molecule has 1 aliphatic rings. The molecule has 3 rings (SSSR count). The molecular formula is C32H32. The van der Waals surface area contributed by atoms with Gasteiger partial charge in [-0.15, -0.1) is 0 Å². The van der Waals surface area contributed by atoms with Crippen LogP contribution in [0.25, 0.3) is 12.2 Å². The molecular weight excluding hydrogens is 384 g/mol. The molecule has 0 spiro atoms. The van der Waals surface area contributed by atoms with E-state index in [0.717, 1.165) is 18.4 Å². The van der Waals surface area contributed by atoms with E-state index in [0.29, 0.717) is 5.92 Å². The zero-order valence-electron chi connectivity index (χ0n) is 19.4. The number of benzene rings is 2. The molecule has 160 valence electrons. The number of hydrogen-bond acceptors (Lipinski definition) is 0. The Kier molecular flexibility index (Phi) is 8.91. The molecule has 32 heavy (non-hydrogen) atoms. The summed E-state index contributed by atoms with van der Waals surface area (Å²) in [6.07, 6.45) is 23.0. The van der Waals surface area contributed by atoms with E-state index >= 15 is 0 Å². The summed E-state index contributed by atoms with van der Waals surface area (Å²) in [7, 11) is 0. The van der Waals surface area contributed by atoms with Crippen LogP contribution < -0.4 is 0 Å². The first-order valence-electron chi connectivity index (χ1n) is 11.4. The van der Waals surface area contributed by atoms with E-state index in [1.54, 1.807) is 0 Å². The highest BCUT2D eigenvalue weighted by Crippen LogP contribution is 2.22.